The predicted octanol–water partition coefficient (Wildman–Crippen LogP) is 2.48. The van der Waals surface area contributed by atoms with Gasteiger partial charge in [0, 0.05) is 5.56 Å². The van der Waals surface area contributed by atoms with Gasteiger partial charge in [-0.15, -0.1) is 0 Å². The zero-order valence-corrected chi connectivity index (χ0v) is 10.2. The van der Waals surface area contributed by atoms with Gasteiger partial charge in [0.15, 0.2) is 11.5 Å². The van der Waals surface area contributed by atoms with Crippen LogP contribution in [0.3, 0.4) is 0 Å². The van der Waals surface area contributed by atoms with E-state index in [1.165, 1.54) is 16.7 Å². The molecule has 16 heavy (non-hydrogen) atoms. The molecule has 2 N–H and O–H groups in total. The predicted molar refractivity (Wildman–Crippen MR) is 64.1 cm³/mol. The molecule has 0 aliphatic carbocycles. The van der Waals surface area contributed by atoms with Crippen LogP contribution >= 0.6 is 0 Å². The summed E-state index contributed by atoms with van der Waals surface area (Å²) in [5.41, 5.74) is 9.26. The van der Waals surface area contributed by atoms with E-state index in [4.69, 9.17) is 15.2 Å². The Morgan fingerprint density at radius 3 is 2.69 bits per heavy atom. The summed E-state index contributed by atoms with van der Waals surface area (Å²) >= 11 is 0. The largest absolute Gasteiger partial charge is 0.453 e. The van der Waals surface area contributed by atoms with E-state index in [2.05, 4.69) is 26.8 Å². The fraction of sp³-hybridized carbons (Fsp3) is 0.538. The second-order valence-electron chi connectivity index (χ2n) is 4.45. The van der Waals surface area contributed by atoms with E-state index < -0.39 is 0 Å². The third kappa shape index (κ3) is 1.76. The minimum Gasteiger partial charge on any atom is -0.453 e. The second kappa shape index (κ2) is 4.34. The average molecular weight is 221 g/mol. The van der Waals surface area contributed by atoms with Gasteiger partial charge in [0.2, 0.25) is 6.79 Å². The second-order valence-corrected chi connectivity index (χ2v) is 4.45. The minimum absolute atomic E-state index is 0.335. The molecular weight excluding hydrogens is 202 g/mol. The van der Waals surface area contributed by atoms with E-state index >= 15 is 0 Å². The molecule has 1 aromatic carbocycles. The van der Waals surface area contributed by atoms with Crippen LogP contribution in [0.2, 0.25) is 0 Å². The number of hydrogen-bond donors (Lipinski definition) is 1. The SMILES string of the molecule is Cc1cc(C(C)CCN)c2c(c1C)OCO2. The van der Waals surface area contributed by atoms with E-state index in [0.29, 0.717) is 19.3 Å². The van der Waals surface area contributed by atoms with Crippen LogP contribution in [0.5, 0.6) is 11.5 Å². The highest BCUT2D eigenvalue weighted by Gasteiger charge is 2.24. The van der Waals surface area contributed by atoms with Gasteiger partial charge in [-0.2, -0.15) is 0 Å². The van der Waals surface area contributed by atoms with E-state index in [0.717, 1.165) is 17.9 Å². The molecule has 0 amide bonds. The normalized spacial score (nSPS) is 15.2. The molecule has 1 atom stereocenters. The quantitative estimate of drug-likeness (QED) is 0.852. The maximum Gasteiger partial charge on any atom is 0.231 e. The van der Waals surface area contributed by atoms with Gasteiger partial charge < -0.3 is 15.2 Å². The Hall–Kier alpha value is -1.22. The van der Waals surface area contributed by atoms with E-state index in [1.807, 2.05) is 0 Å². The van der Waals surface area contributed by atoms with Crippen molar-refractivity contribution in [2.45, 2.75) is 33.1 Å². The monoisotopic (exact) mass is 221 g/mol. The van der Waals surface area contributed by atoms with Crippen LogP contribution in [-0.2, 0) is 0 Å². The Morgan fingerprint density at radius 2 is 2.00 bits per heavy atom. The van der Waals surface area contributed by atoms with Crippen molar-refractivity contribution in [2.75, 3.05) is 13.3 Å². The molecule has 0 aromatic heterocycles. The Kier molecular flexibility index (Phi) is 3.06. The maximum absolute atomic E-state index is 5.61. The van der Waals surface area contributed by atoms with E-state index in [1.54, 1.807) is 0 Å². The van der Waals surface area contributed by atoms with Gasteiger partial charge in [-0.05, 0) is 43.9 Å². The molecule has 0 saturated carbocycles. The first kappa shape index (κ1) is 11.3. The summed E-state index contributed by atoms with van der Waals surface area (Å²) in [6.45, 7) is 7.39. The first-order valence-electron chi connectivity index (χ1n) is 5.75. The lowest BCUT2D eigenvalue weighted by Gasteiger charge is -2.15. The molecule has 0 saturated heterocycles. The summed E-state index contributed by atoms with van der Waals surface area (Å²) in [5.74, 6) is 2.25. The number of rotatable bonds is 3. The van der Waals surface area contributed by atoms with Gasteiger partial charge in [0.25, 0.3) is 0 Å². The molecule has 1 aromatic rings. The van der Waals surface area contributed by atoms with E-state index in [-0.39, 0.29) is 0 Å². The summed E-state index contributed by atoms with van der Waals surface area (Å²) in [7, 11) is 0. The lowest BCUT2D eigenvalue weighted by atomic mass is 9.93. The molecule has 3 nitrogen and oxygen atoms in total. The van der Waals surface area contributed by atoms with Gasteiger partial charge in [-0.1, -0.05) is 13.0 Å². The van der Waals surface area contributed by atoms with Crippen LogP contribution in [0.1, 0.15) is 36.0 Å². The molecule has 0 bridgehead atoms. The minimum atomic E-state index is 0.335. The molecule has 1 unspecified atom stereocenters. The number of nitrogens with two attached hydrogens (primary N) is 1. The smallest absolute Gasteiger partial charge is 0.231 e. The highest BCUT2D eigenvalue weighted by Crippen LogP contribution is 2.43. The highest BCUT2D eigenvalue weighted by molar-refractivity contribution is 5.57. The molecule has 88 valence electrons. The standard InChI is InChI=1S/C13H19NO2/c1-8(4-5-14)11-6-9(2)10(3)12-13(11)16-7-15-12/h6,8H,4-5,7,14H2,1-3H3. The van der Waals surface area contributed by atoms with Crippen molar-refractivity contribution in [3.8, 4) is 11.5 Å². The lowest BCUT2D eigenvalue weighted by molar-refractivity contribution is 0.172. The highest BCUT2D eigenvalue weighted by atomic mass is 16.7. The van der Waals surface area contributed by atoms with Gasteiger partial charge in [0.1, 0.15) is 0 Å². The van der Waals surface area contributed by atoms with Crippen LogP contribution < -0.4 is 15.2 Å². The van der Waals surface area contributed by atoms with Crippen LogP contribution in [0.25, 0.3) is 0 Å². The van der Waals surface area contributed by atoms with Gasteiger partial charge in [-0.3, -0.25) is 0 Å². The maximum atomic E-state index is 5.61. The zero-order chi connectivity index (χ0) is 11.7. The van der Waals surface area contributed by atoms with Crippen LogP contribution in [-0.4, -0.2) is 13.3 Å². The number of fused-ring (bicyclic) bond motifs is 1. The Labute approximate surface area is 96.5 Å². The summed E-state index contributed by atoms with van der Waals surface area (Å²) in [6.07, 6.45) is 0.971. The number of aryl methyl sites for hydroxylation is 1. The third-order valence-corrected chi connectivity index (χ3v) is 3.31. The van der Waals surface area contributed by atoms with Crippen molar-refractivity contribution >= 4 is 0 Å². The van der Waals surface area contributed by atoms with Gasteiger partial charge in [0.05, 0.1) is 0 Å². The topological polar surface area (TPSA) is 44.5 Å². The number of benzene rings is 1. The fourth-order valence-corrected chi connectivity index (χ4v) is 2.13. The first-order valence-corrected chi connectivity index (χ1v) is 5.75. The van der Waals surface area contributed by atoms with Crippen molar-refractivity contribution in [3.63, 3.8) is 0 Å². The lowest BCUT2D eigenvalue weighted by Crippen LogP contribution is -2.06. The molecule has 0 fully saturated rings. The van der Waals surface area contributed by atoms with Crippen molar-refractivity contribution in [2.24, 2.45) is 5.73 Å². The molecule has 1 heterocycles. The van der Waals surface area contributed by atoms with Crippen molar-refractivity contribution in [3.05, 3.63) is 22.8 Å². The summed E-state index contributed by atoms with van der Waals surface area (Å²) in [4.78, 5) is 0. The molecular formula is C13H19NO2. The first-order chi connectivity index (χ1) is 7.65. The summed E-state index contributed by atoms with van der Waals surface area (Å²) < 4.78 is 11.1. The zero-order valence-electron chi connectivity index (χ0n) is 10.2. The Bertz CT molecular complexity index is 401. The molecule has 0 radical (unpaired) electrons. The summed E-state index contributed by atoms with van der Waals surface area (Å²) in [6, 6.07) is 2.20. The van der Waals surface area contributed by atoms with E-state index in [9.17, 15) is 0 Å². The van der Waals surface area contributed by atoms with Crippen LogP contribution in [0.4, 0.5) is 0 Å². The van der Waals surface area contributed by atoms with Crippen molar-refractivity contribution in [1.29, 1.82) is 0 Å². The Balaban J connectivity index is 2.46. The molecule has 1 aliphatic heterocycles. The van der Waals surface area contributed by atoms with Crippen molar-refractivity contribution in [1.82, 2.24) is 0 Å². The van der Waals surface area contributed by atoms with Crippen molar-refractivity contribution < 1.29 is 9.47 Å². The van der Waals surface area contributed by atoms with Crippen LogP contribution in [0.15, 0.2) is 6.07 Å². The third-order valence-electron chi connectivity index (χ3n) is 3.31. The fourth-order valence-electron chi connectivity index (χ4n) is 2.13. The molecule has 1 aliphatic rings. The van der Waals surface area contributed by atoms with Gasteiger partial charge in [-0.25, -0.2) is 0 Å². The molecule has 3 heteroatoms. The molecule has 2 rings (SSSR count). The Morgan fingerprint density at radius 1 is 1.31 bits per heavy atom. The molecule has 0 spiro atoms. The average Bonchev–Trinajstić information content (AvgIpc) is 2.72. The number of hydrogen-bond acceptors (Lipinski definition) is 3. The van der Waals surface area contributed by atoms with Gasteiger partial charge >= 0.3 is 0 Å². The summed E-state index contributed by atoms with van der Waals surface area (Å²) in [5, 5.41) is 0. The van der Waals surface area contributed by atoms with Crippen LogP contribution in [0, 0.1) is 13.8 Å². The number of ether oxygens (including phenoxy) is 2.